The van der Waals surface area contributed by atoms with E-state index < -0.39 is 5.82 Å². The molecule has 34 heavy (non-hydrogen) atoms. The average Bonchev–Trinajstić information content (AvgIpc) is 3.16. The monoisotopic (exact) mass is 461 g/mol. The van der Waals surface area contributed by atoms with Crippen molar-refractivity contribution in [3.63, 3.8) is 0 Å². The van der Waals surface area contributed by atoms with E-state index in [9.17, 15) is 0 Å². The lowest BCUT2D eigenvalue weighted by molar-refractivity contribution is 0.0795. The zero-order valence-corrected chi connectivity index (χ0v) is 19.5. The minimum Gasteiger partial charge on any atom is -0.397 e. The Labute approximate surface area is 197 Å². The molecule has 5 N–H and O–H groups in total. The first-order chi connectivity index (χ1) is 16.4. The van der Waals surface area contributed by atoms with Crippen molar-refractivity contribution >= 4 is 33.8 Å². The molecule has 3 aromatic heterocycles. The molecule has 0 saturated carbocycles. The number of nitrogens with two attached hydrogens (primary N) is 2. The molecule has 0 radical (unpaired) electrons. The lowest BCUT2D eigenvalue weighted by Crippen LogP contribution is -2.18. The summed E-state index contributed by atoms with van der Waals surface area (Å²) >= 11 is 0. The number of nitrogen functional groups attached to an aromatic ring is 2. The minimum atomic E-state index is -0.509. The van der Waals surface area contributed by atoms with Crippen LogP contribution in [0.2, 0.25) is 0 Å². The highest BCUT2D eigenvalue weighted by Crippen LogP contribution is 2.36. The van der Waals surface area contributed by atoms with Gasteiger partial charge in [0.1, 0.15) is 5.82 Å². The number of anilines is 4. The molecule has 0 aliphatic carbocycles. The zero-order valence-electron chi connectivity index (χ0n) is 19.5. The highest BCUT2D eigenvalue weighted by Gasteiger charge is 2.23. The number of benzene rings is 1. The van der Waals surface area contributed by atoms with Crippen molar-refractivity contribution in [1.29, 1.82) is 0 Å². The molecular weight excluding hydrogens is 433 g/mol. The number of ether oxygens (including phenoxy) is 1. The van der Waals surface area contributed by atoms with E-state index in [1.807, 2.05) is 17.7 Å². The number of halogens is 1. The Morgan fingerprint density at radius 2 is 1.91 bits per heavy atom. The molecular formula is C25H28FN7O. The third-order valence-electron chi connectivity index (χ3n) is 6.75. The number of aromatic nitrogens is 4. The van der Waals surface area contributed by atoms with Crippen molar-refractivity contribution in [2.45, 2.75) is 45.3 Å². The van der Waals surface area contributed by atoms with Gasteiger partial charge in [-0.3, -0.25) is 9.67 Å². The summed E-state index contributed by atoms with van der Waals surface area (Å²) in [6.45, 7) is 4.76. The first kappa shape index (κ1) is 22.1. The van der Waals surface area contributed by atoms with Gasteiger partial charge in [0, 0.05) is 47.8 Å². The van der Waals surface area contributed by atoms with Gasteiger partial charge in [-0.05, 0) is 48.8 Å². The SMILES string of the molecule is COC1CCC(C)c2cc(Nc3cc4cc(-c5cncc(N)c5C)c(F)c(N)c4cn3)nn2C1. The summed E-state index contributed by atoms with van der Waals surface area (Å²) in [6.07, 6.45) is 6.94. The van der Waals surface area contributed by atoms with E-state index in [2.05, 4.69) is 28.3 Å². The van der Waals surface area contributed by atoms with Gasteiger partial charge in [-0.25, -0.2) is 9.37 Å². The van der Waals surface area contributed by atoms with E-state index in [-0.39, 0.29) is 11.8 Å². The number of pyridine rings is 2. The molecule has 0 spiro atoms. The molecule has 4 heterocycles. The summed E-state index contributed by atoms with van der Waals surface area (Å²) in [5.41, 5.74) is 15.6. The van der Waals surface area contributed by atoms with E-state index in [1.54, 1.807) is 31.8 Å². The maximum Gasteiger partial charge on any atom is 0.154 e. The third-order valence-corrected chi connectivity index (χ3v) is 6.75. The predicted molar refractivity (Wildman–Crippen MR) is 132 cm³/mol. The van der Waals surface area contributed by atoms with E-state index in [0.717, 1.165) is 30.3 Å². The minimum absolute atomic E-state index is 0.0431. The van der Waals surface area contributed by atoms with Crippen LogP contribution in [0.1, 0.15) is 36.9 Å². The predicted octanol–water partition coefficient (Wildman–Crippen LogP) is 4.76. The van der Waals surface area contributed by atoms with E-state index in [1.165, 1.54) is 5.69 Å². The molecule has 9 heteroatoms. The Morgan fingerprint density at radius 3 is 2.71 bits per heavy atom. The lowest BCUT2D eigenvalue weighted by atomic mass is 9.97. The van der Waals surface area contributed by atoms with Crippen LogP contribution in [0.15, 0.2) is 36.8 Å². The molecule has 8 nitrogen and oxygen atoms in total. The smallest absolute Gasteiger partial charge is 0.154 e. The molecule has 0 saturated heterocycles. The van der Waals surface area contributed by atoms with Crippen LogP contribution in [0.25, 0.3) is 21.9 Å². The second-order valence-corrected chi connectivity index (χ2v) is 8.94. The van der Waals surface area contributed by atoms with Crippen LogP contribution in [0.3, 0.4) is 0 Å². The molecule has 0 fully saturated rings. The molecule has 1 aromatic carbocycles. The van der Waals surface area contributed by atoms with E-state index >= 15 is 4.39 Å². The molecule has 1 aliphatic rings. The second kappa shape index (κ2) is 8.57. The molecule has 1 aliphatic heterocycles. The second-order valence-electron chi connectivity index (χ2n) is 8.94. The highest BCUT2D eigenvalue weighted by molar-refractivity contribution is 5.98. The highest BCUT2D eigenvalue weighted by atomic mass is 19.1. The molecule has 0 bridgehead atoms. The van der Waals surface area contributed by atoms with Crippen molar-refractivity contribution in [2.24, 2.45) is 0 Å². The van der Waals surface area contributed by atoms with Crippen molar-refractivity contribution in [3.8, 4) is 11.1 Å². The topological polar surface area (TPSA) is 117 Å². The largest absolute Gasteiger partial charge is 0.397 e. The van der Waals surface area contributed by atoms with Crippen LogP contribution in [-0.4, -0.2) is 33.0 Å². The van der Waals surface area contributed by atoms with Gasteiger partial charge in [0.15, 0.2) is 11.6 Å². The van der Waals surface area contributed by atoms with Gasteiger partial charge in [-0.15, -0.1) is 0 Å². The van der Waals surface area contributed by atoms with Crippen molar-refractivity contribution < 1.29 is 9.13 Å². The number of hydrogen-bond donors (Lipinski definition) is 3. The fraction of sp³-hybridized carbons (Fsp3) is 0.320. The van der Waals surface area contributed by atoms with Crippen molar-refractivity contribution in [3.05, 3.63) is 53.9 Å². The molecule has 5 rings (SSSR count). The van der Waals surface area contributed by atoms with Gasteiger partial charge in [-0.2, -0.15) is 5.10 Å². The summed E-state index contributed by atoms with van der Waals surface area (Å²) < 4.78 is 22.8. The molecule has 2 unspecified atom stereocenters. The molecule has 2 atom stereocenters. The van der Waals surface area contributed by atoms with Crippen LogP contribution >= 0.6 is 0 Å². The van der Waals surface area contributed by atoms with Crippen LogP contribution in [0, 0.1) is 12.7 Å². The maximum absolute atomic E-state index is 15.2. The first-order valence-electron chi connectivity index (χ1n) is 11.3. The number of nitrogens with zero attached hydrogens (tertiary/aromatic N) is 4. The van der Waals surface area contributed by atoms with Crippen LogP contribution in [0.5, 0.6) is 0 Å². The Bertz CT molecular complexity index is 1380. The van der Waals surface area contributed by atoms with Crippen molar-refractivity contribution in [1.82, 2.24) is 19.7 Å². The Kier molecular flexibility index (Phi) is 5.57. The zero-order chi connectivity index (χ0) is 24.0. The number of nitrogens with one attached hydrogen (secondary N) is 1. The van der Waals surface area contributed by atoms with Gasteiger partial charge in [-0.1, -0.05) is 6.92 Å². The van der Waals surface area contributed by atoms with Gasteiger partial charge < -0.3 is 21.5 Å². The summed E-state index contributed by atoms with van der Waals surface area (Å²) in [6, 6.07) is 5.65. The van der Waals surface area contributed by atoms with E-state index in [0.29, 0.717) is 39.8 Å². The van der Waals surface area contributed by atoms with Gasteiger partial charge in [0.2, 0.25) is 0 Å². The van der Waals surface area contributed by atoms with Crippen LogP contribution in [0.4, 0.5) is 27.4 Å². The molecule has 176 valence electrons. The lowest BCUT2D eigenvalue weighted by Gasteiger charge is -2.13. The van der Waals surface area contributed by atoms with Crippen LogP contribution < -0.4 is 16.8 Å². The van der Waals surface area contributed by atoms with Gasteiger partial charge >= 0.3 is 0 Å². The first-order valence-corrected chi connectivity index (χ1v) is 11.3. The Balaban J connectivity index is 1.52. The van der Waals surface area contributed by atoms with Crippen molar-refractivity contribution in [2.75, 3.05) is 23.9 Å². The summed E-state index contributed by atoms with van der Waals surface area (Å²) in [5, 5.41) is 9.31. The van der Waals surface area contributed by atoms with E-state index in [4.69, 9.17) is 21.3 Å². The van der Waals surface area contributed by atoms with Crippen LogP contribution in [-0.2, 0) is 11.3 Å². The Morgan fingerprint density at radius 1 is 1.09 bits per heavy atom. The standard InChI is InChI=1S/C25H28FN7O/c1-13-4-5-16(34-3)12-33-21(13)8-23(32-33)31-22-7-15-6-17(18-9-29-11-20(27)14(18)2)24(26)25(28)19(15)10-30-22/h6-11,13,16H,4-5,12,27-28H2,1-3H3,(H,30,31,32). The summed E-state index contributed by atoms with van der Waals surface area (Å²) in [5.74, 6) is 1.17. The fourth-order valence-corrected chi connectivity index (χ4v) is 4.60. The number of hydrogen-bond acceptors (Lipinski definition) is 7. The van der Waals surface area contributed by atoms with Gasteiger partial charge in [0.05, 0.1) is 30.2 Å². The summed E-state index contributed by atoms with van der Waals surface area (Å²) in [4.78, 5) is 8.57. The summed E-state index contributed by atoms with van der Waals surface area (Å²) in [7, 11) is 1.74. The number of rotatable bonds is 4. The third kappa shape index (κ3) is 3.81. The number of fused-ring (bicyclic) bond motifs is 2. The molecule has 4 aromatic rings. The quantitative estimate of drug-likeness (QED) is 0.375. The number of methoxy groups -OCH3 is 1. The maximum atomic E-state index is 15.2. The molecule has 0 amide bonds. The fourth-order valence-electron chi connectivity index (χ4n) is 4.60. The Hall–Kier alpha value is -3.72. The van der Waals surface area contributed by atoms with Gasteiger partial charge in [0.25, 0.3) is 0 Å². The normalized spacial score (nSPS) is 18.0. The average molecular weight is 462 g/mol.